The van der Waals surface area contributed by atoms with Crippen molar-refractivity contribution in [1.82, 2.24) is 5.32 Å². The van der Waals surface area contributed by atoms with Gasteiger partial charge in [-0.25, -0.2) is 0 Å². The minimum absolute atomic E-state index is 0.197. The van der Waals surface area contributed by atoms with Crippen LogP contribution in [0.1, 0.15) is 13.8 Å². The number of rotatable bonds is 4. The number of carbonyl (C=O) groups is 1. The molecule has 6 heteroatoms. The molecule has 0 spiro atoms. The summed E-state index contributed by atoms with van der Waals surface area (Å²) in [5.74, 6) is -0.743. The summed E-state index contributed by atoms with van der Waals surface area (Å²) in [6, 6.07) is 0. The van der Waals surface area contributed by atoms with E-state index >= 15 is 0 Å². The Labute approximate surface area is 94.6 Å². The molecule has 92 valence electrons. The Kier molecular flexibility index (Phi) is 4.26. The van der Waals surface area contributed by atoms with Gasteiger partial charge in [0.1, 0.15) is 0 Å². The van der Waals surface area contributed by atoms with Crippen LogP contribution in [-0.2, 0) is 14.3 Å². The zero-order valence-corrected chi connectivity index (χ0v) is 9.77. The first-order valence-corrected chi connectivity index (χ1v) is 5.16. The SMILES string of the molecule is CNC(=O)C(C1OCCO1)C(C)(C)/C=N\O. The highest BCUT2D eigenvalue weighted by Crippen LogP contribution is 2.31. The summed E-state index contributed by atoms with van der Waals surface area (Å²) in [5, 5.41) is 14.2. The normalized spacial score (nSPS) is 20.2. The predicted molar refractivity (Wildman–Crippen MR) is 57.3 cm³/mol. The van der Waals surface area contributed by atoms with E-state index in [1.807, 2.05) is 0 Å². The lowest BCUT2D eigenvalue weighted by Gasteiger charge is -2.31. The summed E-state index contributed by atoms with van der Waals surface area (Å²) in [4.78, 5) is 11.8. The Morgan fingerprint density at radius 1 is 1.56 bits per heavy atom. The van der Waals surface area contributed by atoms with Gasteiger partial charge in [0.15, 0.2) is 6.29 Å². The number of amides is 1. The van der Waals surface area contributed by atoms with Gasteiger partial charge in [0, 0.05) is 12.5 Å². The summed E-state index contributed by atoms with van der Waals surface area (Å²) < 4.78 is 10.7. The van der Waals surface area contributed by atoms with Crippen LogP contribution in [0.3, 0.4) is 0 Å². The second kappa shape index (κ2) is 5.27. The van der Waals surface area contributed by atoms with Crippen LogP contribution in [0.2, 0.25) is 0 Å². The molecule has 0 aromatic carbocycles. The van der Waals surface area contributed by atoms with Crippen LogP contribution >= 0.6 is 0 Å². The Balaban J connectivity index is 2.89. The molecule has 1 amide bonds. The fraction of sp³-hybridized carbons (Fsp3) is 0.800. The standard InChI is InChI=1S/C10H18N2O4/c1-10(2,6-12-14)7(8(13)11-3)9-15-4-5-16-9/h6-7,9,14H,4-5H2,1-3H3,(H,11,13)/b12-6-. The Hall–Kier alpha value is -1.14. The van der Waals surface area contributed by atoms with Crippen molar-refractivity contribution >= 4 is 12.1 Å². The fourth-order valence-electron chi connectivity index (χ4n) is 1.77. The first kappa shape index (κ1) is 12.9. The van der Waals surface area contributed by atoms with Gasteiger partial charge in [-0.3, -0.25) is 4.79 Å². The van der Waals surface area contributed by atoms with E-state index in [1.54, 1.807) is 20.9 Å². The number of ether oxygens (including phenoxy) is 2. The van der Waals surface area contributed by atoms with E-state index in [9.17, 15) is 4.79 Å². The van der Waals surface area contributed by atoms with Crippen molar-refractivity contribution in [2.45, 2.75) is 20.1 Å². The van der Waals surface area contributed by atoms with Gasteiger partial charge in [0.25, 0.3) is 0 Å². The van der Waals surface area contributed by atoms with Gasteiger partial charge in [0.05, 0.1) is 25.3 Å². The van der Waals surface area contributed by atoms with E-state index in [0.717, 1.165) is 0 Å². The van der Waals surface area contributed by atoms with Gasteiger partial charge < -0.3 is 20.0 Å². The highest BCUT2D eigenvalue weighted by molar-refractivity contribution is 5.84. The second-order valence-corrected chi connectivity index (χ2v) is 4.27. The van der Waals surface area contributed by atoms with Crippen molar-refractivity contribution in [3.8, 4) is 0 Å². The molecule has 0 aromatic rings. The summed E-state index contributed by atoms with van der Waals surface area (Å²) in [6.45, 7) is 4.53. The lowest BCUT2D eigenvalue weighted by Crippen LogP contribution is -2.46. The van der Waals surface area contributed by atoms with E-state index in [-0.39, 0.29) is 5.91 Å². The zero-order chi connectivity index (χ0) is 12.2. The van der Waals surface area contributed by atoms with Crippen LogP contribution in [0.15, 0.2) is 5.16 Å². The molecule has 1 atom stereocenters. The molecule has 0 radical (unpaired) electrons. The minimum Gasteiger partial charge on any atom is -0.411 e. The summed E-state index contributed by atoms with van der Waals surface area (Å²) in [6.07, 6.45) is 0.728. The quantitative estimate of drug-likeness (QED) is 0.411. The molecule has 0 aromatic heterocycles. The molecular formula is C10H18N2O4. The van der Waals surface area contributed by atoms with Crippen molar-refractivity contribution in [2.75, 3.05) is 20.3 Å². The number of hydrogen-bond acceptors (Lipinski definition) is 5. The van der Waals surface area contributed by atoms with Crippen LogP contribution in [-0.4, -0.2) is 43.9 Å². The van der Waals surface area contributed by atoms with Gasteiger partial charge >= 0.3 is 0 Å². The third-order valence-electron chi connectivity index (χ3n) is 2.64. The molecule has 16 heavy (non-hydrogen) atoms. The Morgan fingerprint density at radius 3 is 2.56 bits per heavy atom. The third-order valence-corrected chi connectivity index (χ3v) is 2.64. The van der Waals surface area contributed by atoms with Gasteiger partial charge in [-0.15, -0.1) is 5.16 Å². The topological polar surface area (TPSA) is 80.2 Å². The van der Waals surface area contributed by atoms with Gasteiger partial charge in [-0.05, 0) is 0 Å². The molecule has 1 aliphatic heterocycles. The largest absolute Gasteiger partial charge is 0.411 e. The smallest absolute Gasteiger partial charge is 0.228 e. The fourth-order valence-corrected chi connectivity index (χ4v) is 1.77. The summed E-state index contributed by atoms with van der Waals surface area (Å²) >= 11 is 0. The van der Waals surface area contributed by atoms with Crippen molar-refractivity contribution in [3.63, 3.8) is 0 Å². The van der Waals surface area contributed by atoms with Crippen LogP contribution in [0.5, 0.6) is 0 Å². The van der Waals surface area contributed by atoms with E-state index in [2.05, 4.69) is 10.5 Å². The van der Waals surface area contributed by atoms with E-state index < -0.39 is 17.6 Å². The molecule has 6 nitrogen and oxygen atoms in total. The monoisotopic (exact) mass is 230 g/mol. The van der Waals surface area contributed by atoms with Crippen LogP contribution in [0.25, 0.3) is 0 Å². The first-order valence-electron chi connectivity index (χ1n) is 5.16. The second-order valence-electron chi connectivity index (χ2n) is 4.27. The molecule has 2 N–H and O–H groups in total. The lowest BCUT2D eigenvalue weighted by molar-refractivity contribution is -0.148. The maximum Gasteiger partial charge on any atom is 0.228 e. The van der Waals surface area contributed by atoms with Gasteiger partial charge in [-0.1, -0.05) is 13.8 Å². The van der Waals surface area contributed by atoms with Crippen LogP contribution in [0, 0.1) is 11.3 Å². The summed E-state index contributed by atoms with van der Waals surface area (Å²) in [7, 11) is 1.55. The predicted octanol–water partition coefficient (Wildman–Crippen LogP) is 0.208. The van der Waals surface area contributed by atoms with Gasteiger partial charge in [-0.2, -0.15) is 0 Å². The molecule has 1 rings (SSSR count). The van der Waals surface area contributed by atoms with Crippen molar-refractivity contribution in [2.24, 2.45) is 16.5 Å². The zero-order valence-electron chi connectivity index (χ0n) is 9.77. The molecule has 1 unspecified atom stereocenters. The number of carbonyl (C=O) groups excluding carboxylic acids is 1. The average molecular weight is 230 g/mol. The highest BCUT2D eigenvalue weighted by atomic mass is 16.7. The number of hydrogen-bond donors (Lipinski definition) is 2. The van der Waals surface area contributed by atoms with Crippen molar-refractivity contribution < 1.29 is 19.5 Å². The molecule has 0 saturated carbocycles. The molecule has 1 heterocycles. The van der Waals surface area contributed by atoms with E-state index in [4.69, 9.17) is 14.7 Å². The molecular weight excluding hydrogens is 212 g/mol. The maximum absolute atomic E-state index is 11.8. The van der Waals surface area contributed by atoms with Crippen LogP contribution in [0.4, 0.5) is 0 Å². The lowest BCUT2D eigenvalue weighted by atomic mass is 9.78. The average Bonchev–Trinajstić information content (AvgIpc) is 2.70. The first-order chi connectivity index (χ1) is 7.53. The number of nitrogens with one attached hydrogen (secondary N) is 1. The van der Waals surface area contributed by atoms with Crippen molar-refractivity contribution in [3.05, 3.63) is 0 Å². The number of oxime groups is 1. The van der Waals surface area contributed by atoms with Crippen molar-refractivity contribution in [1.29, 1.82) is 0 Å². The molecule has 0 bridgehead atoms. The van der Waals surface area contributed by atoms with E-state index in [1.165, 1.54) is 6.21 Å². The Morgan fingerprint density at radius 2 is 2.12 bits per heavy atom. The minimum atomic E-state index is -0.649. The highest BCUT2D eigenvalue weighted by Gasteiger charge is 2.43. The summed E-state index contributed by atoms with van der Waals surface area (Å²) in [5.41, 5.74) is -0.649. The molecule has 1 fully saturated rings. The van der Waals surface area contributed by atoms with Gasteiger partial charge in [0.2, 0.25) is 5.91 Å². The Bertz CT molecular complexity index is 272. The van der Waals surface area contributed by atoms with E-state index in [0.29, 0.717) is 13.2 Å². The molecule has 1 saturated heterocycles. The molecule has 1 aliphatic rings. The van der Waals surface area contributed by atoms with Crippen LogP contribution < -0.4 is 5.32 Å². The maximum atomic E-state index is 11.8. The number of nitrogens with zero attached hydrogens (tertiary/aromatic N) is 1. The molecule has 0 aliphatic carbocycles. The third kappa shape index (κ3) is 2.70.